The van der Waals surface area contributed by atoms with Crippen LogP contribution < -0.4 is 0 Å². The molecular formula is C18H25F3N2O. The standard InChI is InChI=1S/C18H25F3N2O/c1-14(17(24)23-10-5-3-4-6-11-23)22(2)13-15-8-7-9-16(12-15)18(19,20)21/h7-9,12,14H,3-6,10-11,13H2,1-2H3. The number of alkyl halides is 3. The molecule has 1 aromatic carbocycles. The minimum Gasteiger partial charge on any atom is -0.341 e. The van der Waals surface area contributed by atoms with Crippen molar-refractivity contribution in [3.05, 3.63) is 35.4 Å². The molecule has 1 amide bonds. The van der Waals surface area contributed by atoms with E-state index in [9.17, 15) is 18.0 Å². The summed E-state index contributed by atoms with van der Waals surface area (Å²) in [4.78, 5) is 16.3. The van der Waals surface area contributed by atoms with E-state index in [4.69, 9.17) is 0 Å². The normalized spacial score (nSPS) is 17.7. The Morgan fingerprint density at radius 2 is 1.83 bits per heavy atom. The van der Waals surface area contributed by atoms with E-state index in [1.165, 1.54) is 6.07 Å². The van der Waals surface area contributed by atoms with Crippen LogP contribution >= 0.6 is 0 Å². The number of nitrogens with zero attached hydrogens (tertiary/aromatic N) is 2. The lowest BCUT2D eigenvalue weighted by molar-refractivity contribution is -0.138. The van der Waals surface area contributed by atoms with E-state index in [1.54, 1.807) is 13.1 Å². The largest absolute Gasteiger partial charge is 0.416 e. The van der Waals surface area contributed by atoms with Gasteiger partial charge >= 0.3 is 6.18 Å². The summed E-state index contributed by atoms with van der Waals surface area (Å²) in [5.41, 5.74) is -0.0947. The topological polar surface area (TPSA) is 23.6 Å². The van der Waals surface area contributed by atoms with Crippen LogP contribution in [0.1, 0.15) is 43.7 Å². The van der Waals surface area contributed by atoms with Gasteiger partial charge in [-0.15, -0.1) is 0 Å². The monoisotopic (exact) mass is 342 g/mol. The number of likely N-dealkylation sites (tertiary alicyclic amines) is 1. The Morgan fingerprint density at radius 3 is 2.42 bits per heavy atom. The number of rotatable bonds is 4. The van der Waals surface area contributed by atoms with Crippen LogP contribution in [0.2, 0.25) is 0 Å². The lowest BCUT2D eigenvalue weighted by Crippen LogP contribution is -2.45. The third kappa shape index (κ3) is 4.97. The number of likely N-dealkylation sites (N-methyl/N-ethyl adjacent to an activating group) is 1. The zero-order chi connectivity index (χ0) is 17.7. The smallest absolute Gasteiger partial charge is 0.341 e. The first-order valence-electron chi connectivity index (χ1n) is 8.44. The number of amides is 1. The minimum absolute atomic E-state index is 0.0615. The number of carbonyl (C=O) groups excluding carboxylic acids is 1. The van der Waals surface area contributed by atoms with Crippen LogP contribution in [0.3, 0.4) is 0 Å². The number of hydrogen-bond donors (Lipinski definition) is 0. The van der Waals surface area contributed by atoms with Gasteiger partial charge in [0.1, 0.15) is 0 Å². The molecule has 0 bridgehead atoms. The Balaban J connectivity index is 2.00. The van der Waals surface area contributed by atoms with Crippen molar-refractivity contribution in [2.75, 3.05) is 20.1 Å². The first kappa shape index (κ1) is 18.8. The van der Waals surface area contributed by atoms with Crippen LogP contribution in [0, 0.1) is 0 Å². The van der Waals surface area contributed by atoms with E-state index >= 15 is 0 Å². The maximum absolute atomic E-state index is 12.8. The van der Waals surface area contributed by atoms with Crippen LogP contribution in [0.4, 0.5) is 13.2 Å². The van der Waals surface area contributed by atoms with Crippen LogP contribution in [-0.4, -0.2) is 41.9 Å². The van der Waals surface area contributed by atoms with Crippen molar-refractivity contribution in [1.29, 1.82) is 0 Å². The van der Waals surface area contributed by atoms with Gasteiger partial charge in [-0.3, -0.25) is 9.69 Å². The molecule has 0 aliphatic carbocycles. The summed E-state index contributed by atoms with van der Waals surface area (Å²) in [6.07, 6.45) is 0.00411. The fourth-order valence-corrected chi connectivity index (χ4v) is 3.01. The highest BCUT2D eigenvalue weighted by molar-refractivity contribution is 5.81. The van der Waals surface area contributed by atoms with E-state index in [1.807, 2.05) is 16.7 Å². The van der Waals surface area contributed by atoms with Gasteiger partial charge < -0.3 is 4.90 Å². The average molecular weight is 342 g/mol. The molecule has 24 heavy (non-hydrogen) atoms. The van der Waals surface area contributed by atoms with Crippen molar-refractivity contribution < 1.29 is 18.0 Å². The second-order valence-corrected chi connectivity index (χ2v) is 6.53. The number of hydrogen-bond acceptors (Lipinski definition) is 2. The molecule has 1 aliphatic rings. The third-order valence-electron chi connectivity index (χ3n) is 4.62. The molecule has 1 heterocycles. The Hall–Kier alpha value is -1.56. The van der Waals surface area contributed by atoms with Crippen LogP contribution in [0.25, 0.3) is 0 Å². The molecule has 1 unspecified atom stereocenters. The molecule has 1 aromatic rings. The summed E-state index contributed by atoms with van der Waals surface area (Å²) in [6.45, 7) is 3.69. The summed E-state index contributed by atoms with van der Waals surface area (Å²) in [5, 5.41) is 0. The lowest BCUT2D eigenvalue weighted by Gasteiger charge is -2.30. The summed E-state index contributed by atoms with van der Waals surface area (Å²) in [7, 11) is 1.78. The van der Waals surface area contributed by atoms with Crippen molar-refractivity contribution in [3.8, 4) is 0 Å². The zero-order valence-electron chi connectivity index (χ0n) is 14.3. The maximum atomic E-state index is 12.8. The van der Waals surface area contributed by atoms with Crippen LogP contribution in [0.15, 0.2) is 24.3 Å². The molecule has 1 saturated heterocycles. The lowest BCUT2D eigenvalue weighted by atomic mass is 10.1. The molecule has 1 atom stereocenters. The maximum Gasteiger partial charge on any atom is 0.416 e. The first-order chi connectivity index (χ1) is 11.3. The predicted octanol–water partition coefficient (Wildman–Crippen LogP) is 3.93. The summed E-state index contributed by atoms with van der Waals surface area (Å²) < 4.78 is 38.4. The predicted molar refractivity (Wildman–Crippen MR) is 87.4 cm³/mol. The van der Waals surface area contributed by atoms with Crippen molar-refractivity contribution in [1.82, 2.24) is 9.80 Å². The van der Waals surface area contributed by atoms with Crippen molar-refractivity contribution in [3.63, 3.8) is 0 Å². The molecule has 6 heteroatoms. The van der Waals surface area contributed by atoms with Crippen molar-refractivity contribution in [2.24, 2.45) is 0 Å². The molecule has 1 fully saturated rings. The quantitative estimate of drug-likeness (QED) is 0.828. The number of carbonyl (C=O) groups is 1. The highest BCUT2D eigenvalue weighted by Crippen LogP contribution is 2.29. The Bertz CT molecular complexity index is 551. The van der Waals surface area contributed by atoms with Crippen molar-refractivity contribution in [2.45, 2.75) is 51.4 Å². The Kier molecular flexibility index (Phi) is 6.27. The van der Waals surface area contributed by atoms with Gasteiger partial charge in [0.2, 0.25) is 5.91 Å². The minimum atomic E-state index is -4.35. The van der Waals surface area contributed by atoms with E-state index < -0.39 is 11.7 Å². The van der Waals surface area contributed by atoms with Gasteiger partial charge in [0, 0.05) is 19.6 Å². The molecule has 134 valence electrons. The number of benzene rings is 1. The van der Waals surface area contributed by atoms with Gasteiger partial charge in [0.15, 0.2) is 0 Å². The number of halogens is 3. The molecule has 3 nitrogen and oxygen atoms in total. The highest BCUT2D eigenvalue weighted by atomic mass is 19.4. The van der Waals surface area contributed by atoms with Crippen LogP contribution in [0.5, 0.6) is 0 Å². The van der Waals surface area contributed by atoms with Gasteiger partial charge in [0.05, 0.1) is 11.6 Å². The molecule has 0 aromatic heterocycles. The summed E-state index contributed by atoms with van der Waals surface area (Å²) >= 11 is 0. The second-order valence-electron chi connectivity index (χ2n) is 6.53. The van der Waals surface area contributed by atoms with Gasteiger partial charge in [-0.05, 0) is 38.4 Å². The molecule has 2 rings (SSSR count). The van der Waals surface area contributed by atoms with Gasteiger partial charge in [-0.25, -0.2) is 0 Å². The van der Waals surface area contributed by atoms with Gasteiger partial charge in [-0.1, -0.05) is 31.0 Å². The molecule has 0 N–H and O–H groups in total. The van der Waals surface area contributed by atoms with Gasteiger partial charge in [-0.2, -0.15) is 13.2 Å². The zero-order valence-corrected chi connectivity index (χ0v) is 14.3. The molecule has 0 spiro atoms. The first-order valence-corrected chi connectivity index (χ1v) is 8.44. The van der Waals surface area contributed by atoms with Crippen molar-refractivity contribution >= 4 is 5.91 Å². The van der Waals surface area contributed by atoms with Gasteiger partial charge in [0.25, 0.3) is 0 Å². The van der Waals surface area contributed by atoms with E-state index in [0.29, 0.717) is 12.1 Å². The Morgan fingerprint density at radius 1 is 1.21 bits per heavy atom. The summed E-state index contributed by atoms with van der Waals surface area (Å²) in [6, 6.07) is 4.94. The fourth-order valence-electron chi connectivity index (χ4n) is 3.01. The Labute approximate surface area is 141 Å². The van der Waals surface area contributed by atoms with E-state index in [2.05, 4.69) is 0 Å². The van der Waals surface area contributed by atoms with E-state index in [0.717, 1.165) is 50.9 Å². The third-order valence-corrected chi connectivity index (χ3v) is 4.62. The average Bonchev–Trinajstić information content (AvgIpc) is 2.82. The summed E-state index contributed by atoms with van der Waals surface area (Å²) in [5.74, 6) is 0.0615. The molecular weight excluding hydrogens is 317 g/mol. The second kappa shape index (κ2) is 8.01. The molecule has 0 saturated carbocycles. The van der Waals surface area contributed by atoms with Crippen LogP contribution in [-0.2, 0) is 17.5 Å². The molecule has 1 aliphatic heterocycles. The van der Waals surface area contributed by atoms with E-state index in [-0.39, 0.29) is 11.9 Å². The highest BCUT2D eigenvalue weighted by Gasteiger charge is 2.30. The fraction of sp³-hybridized carbons (Fsp3) is 0.611. The SMILES string of the molecule is CC(C(=O)N1CCCCCC1)N(C)Cc1cccc(C(F)(F)F)c1. The molecule has 0 radical (unpaired) electrons.